The molecule has 0 saturated carbocycles. The van der Waals surface area contributed by atoms with Gasteiger partial charge in [0, 0.05) is 25.7 Å². The first-order valence-electron chi connectivity index (χ1n) is 47.2. The Bertz CT molecular complexity index is 2080. The van der Waals surface area contributed by atoms with Crippen molar-refractivity contribution in [3.63, 3.8) is 0 Å². The van der Waals surface area contributed by atoms with Crippen LogP contribution in [0.15, 0.2) is 0 Å². The molecule has 654 valence electrons. The SMILES string of the molecule is CCCCCCCCCCCCCCCCCCCCCCCCC(=O)O[C@H](COC(=O)CCCCCCCCCCCCCCCCCCCCCC)COP(=O)(O)OC[C@@H](O)COP(=O)(O)OC[C@@H](COC(=O)CCCCCCCCC(C)CC)OC(=O)CCCCCCCCCCCCCCCCCCCC. The van der Waals surface area contributed by atoms with Crippen molar-refractivity contribution in [1.29, 1.82) is 0 Å². The van der Waals surface area contributed by atoms with Gasteiger partial charge in [0.15, 0.2) is 12.2 Å². The van der Waals surface area contributed by atoms with Gasteiger partial charge in [0.25, 0.3) is 0 Å². The summed E-state index contributed by atoms with van der Waals surface area (Å²) in [6, 6.07) is 0. The minimum Gasteiger partial charge on any atom is -0.462 e. The monoisotopic (exact) mass is 1610 g/mol. The maximum absolute atomic E-state index is 13.2. The molecule has 6 atom stereocenters. The standard InChI is InChI=1S/C91H178O17P2/c1-6-10-13-16-19-22-25-28-31-34-37-39-40-42-45-48-51-54-57-60-67-71-76-90(95)107-86(80-101-88(93)74-69-64-58-55-52-49-46-44-41-38-35-32-29-26-23-20-17-14-11-7-2)82-105-109(97,98)103-78-85(92)79-104-110(99,100)106-83-87(81-102-89(94)75-70-65-62-61-63-68-73-84(5)9-4)108-91(96)77-72-66-59-56-53-50-47-43-36-33-30-27-24-21-18-15-12-8-3/h84-87,92H,6-83H2,1-5H3,(H,97,98)(H,99,100)/t84?,85-,86-,87-/m1/s1. The van der Waals surface area contributed by atoms with Crippen molar-refractivity contribution in [1.82, 2.24) is 0 Å². The summed E-state index contributed by atoms with van der Waals surface area (Å²) in [5.74, 6) is -1.37. The Hall–Kier alpha value is -1.94. The highest BCUT2D eigenvalue weighted by Gasteiger charge is 2.31. The third-order valence-electron chi connectivity index (χ3n) is 21.9. The fraction of sp³-hybridized carbons (Fsp3) is 0.956. The van der Waals surface area contributed by atoms with Gasteiger partial charge in [0.05, 0.1) is 26.4 Å². The molecule has 19 heteroatoms. The number of hydrogen-bond acceptors (Lipinski definition) is 15. The van der Waals surface area contributed by atoms with Crippen molar-refractivity contribution in [3.8, 4) is 0 Å². The molecule has 0 radical (unpaired) electrons. The smallest absolute Gasteiger partial charge is 0.462 e. The molecule has 0 saturated heterocycles. The fourth-order valence-corrected chi connectivity index (χ4v) is 15.9. The molecule has 17 nitrogen and oxygen atoms in total. The van der Waals surface area contributed by atoms with Gasteiger partial charge >= 0.3 is 39.5 Å². The largest absolute Gasteiger partial charge is 0.472 e. The van der Waals surface area contributed by atoms with Crippen LogP contribution in [-0.2, 0) is 65.4 Å². The highest BCUT2D eigenvalue weighted by atomic mass is 31.2. The molecular formula is C91H178O17P2. The number of hydrogen-bond donors (Lipinski definition) is 3. The molecular weight excluding hydrogens is 1430 g/mol. The first kappa shape index (κ1) is 108. The molecule has 0 bridgehead atoms. The van der Waals surface area contributed by atoms with Crippen molar-refractivity contribution in [2.24, 2.45) is 5.92 Å². The van der Waals surface area contributed by atoms with E-state index in [-0.39, 0.29) is 25.7 Å². The van der Waals surface area contributed by atoms with Gasteiger partial charge in [-0.05, 0) is 31.6 Å². The molecule has 110 heavy (non-hydrogen) atoms. The average molecular weight is 1610 g/mol. The number of phosphoric ester groups is 2. The van der Waals surface area contributed by atoms with Gasteiger partial charge in [-0.25, -0.2) is 9.13 Å². The number of rotatable bonds is 91. The van der Waals surface area contributed by atoms with Crippen molar-refractivity contribution >= 4 is 39.5 Å². The van der Waals surface area contributed by atoms with E-state index in [1.165, 1.54) is 315 Å². The molecule has 0 aliphatic heterocycles. The Balaban J connectivity index is 5.21. The topological polar surface area (TPSA) is 237 Å². The van der Waals surface area contributed by atoms with Crippen molar-refractivity contribution in [3.05, 3.63) is 0 Å². The number of carbonyl (C=O) groups is 4. The van der Waals surface area contributed by atoms with E-state index >= 15 is 0 Å². The van der Waals surface area contributed by atoms with E-state index < -0.39 is 97.5 Å². The van der Waals surface area contributed by atoms with Gasteiger partial charge in [-0.15, -0.1) is 0 Å². The molecule has 0 aliphatic rings. The summed E-state index contributed by atoms with van der Waals surface area (Å²) in [6.45, 7) is 7.35. The first-order valence-corrected chi connectivity index (χ1v) is 50.2. The van der Waals surface area contributed by atoms with Crippen LogP contribution in [0.5, 0.6) is 0 Å². The Kier molecular flexibility index (Phi) is 82.1. The summed E-state index contributed by atoms with van der Waals surface area (Å²) in [5, 5.41) is 10.7. The highest BCUT2D eigenvalue weighted by Crippen LogP contribution is 2.45. The van der Waals surface area contributed by atoms with Crippen LogP contribution in [0.25, 0.3) is 0 Å². The predicted molar refractivity (Wildman–Crippen MR) is 455 cm³/mol. The molecule has 3 unspecified atom stereocenters. The Morgan fingerprint density at radius 2 is 0.436 bits per heavy atom. The summed E-state index contributed by atoms with van der Waals surface area (Å²) >= 11 is 0. The predicted octanol–water partition coefficient (Wildman–Crippen LogP) is 28.3. The van der Waals surface area contributed by atoms with Crippen LogP contribution in [0.1, 0.15) is 497 Å². The summed E-state index contributed by atoms with van der Waals surface area (Å²) in [6.07, 6.45) is 79.4. The molecule has 0 rings (SSSR count). The zero-order valence-electron chi connectivity index (χ0n) is 72.4. The summed E-state index contributed by atoms with van der Waals surface area (Å²) < 4.78 is 69.0. The Morgan fingerprint density at radius 1 is 0.255 bits per heavy atom. The lowest BCUT2D eigenvalue weighted by molar-refractivity contribution is -0.161. The molecule has 0 amide bonds. The average Bonchev–Trinajstić information content (AvgIpc) is 0.898. The first-order chi connectivity index (χ1) is 53.6. The van der Waals surface area contributed by atoms with Gasteiger partial charge in [-0.2, -0.15) is 0 Å². The second kappa shape index (κ2) is 83.5. The number of unbranched alkanes of at least 4 members (excludes halogenated alkanes) is 62. The molecule has 0 aromatic rings. The van der Waals surface area contributed by atoms with Crippen LogP contribution >= 0.6 is 15.6 Å². The minimum absolute atomic E-state index is 0.108. The maximum atomic E-state index is 13.2. The number of aliphatic hydroxyl groups excluding tert-OH is 1. The van der Waals surface area contributed by atoms with Crippen LogP contribution < -0.4 is 0 Å². The van der Waals surface area contributed by atoms with Crippen molar-refractivity contribution in [2.45, 2.75) is 515 Å². The maximum Gasteiger partial charge on any atom is 0.472 e. The zero-order valence-corrected chi connectivity index (χ0v) is 74.2. The molecule has 0 aromatic carbocycles. The van der Waals surface area contributed by atoms with Gasteiger partial charge in [-0.3, -0.25) is 37.3 Å². The van der Waals surface area contributed by atoms with Crippen LogP contribution in [0.4, 0.5) is 0 Å². The van der Waals surface area contributed by atoms with E-state index in [0.29, 0.717) is 25.7 Å². The van der Waals surface area contributed by atoms with E-state index in [1.54, 1.807) is 0 Å². The van der Waals surface area contributed by atoms with Crippen molar-refractivity contribution < 1.29 is 80.2 Å². The van der Waals surface area contributed by atoms with Crippen LogP contribution in [-0.4, -0.2) is 96.7 Å². The molecule has 0 heterocycles. The van der Waals surface area contributed by atoms with E-state index in [9.17, 15) is 43.2 Å². The number of esters is 4. The second-order valence-corrected chi connectivity index (χ2v) is 35.8. The summed E-state index contributed by atoms with van der Waals surface area (Å²) in [4.78, 5) is 73.4. The lowest BCUT2D eigenvalue weighted by atomic mass is 10.00. The van der Waals surface area contributed by atoms with Gasteiger partial charge in [0.2, 0.25) is 0 Å². The molecule has 0 fully saturated rings. The van der Waals surface area contributed by atoms with Gasteiger partial charge in [-0.1, -0.05) is 446 Å². The zero-order chi connectivity index (χ0) is 80.4. The lowest BCUT2D eigenvalue weighted by Crippen LogP contribution is -2.30. The normalized spacial score (nSPS) is 13.9. The summed E-state index contributed by atoms with van der Waals surface area (Å²) in [7, 11) is -9.93. The summed E-state index contributed by atoms with van der Waals surface area (Å²) in [5.41, 5.74) is 0. The van der Waals surface area contributed by atoms with E-state index in [4.69, 9.17) is 37.0 Å². The van der Waals surface area contributed by atoms with Crippen LogP contribution in [0.2, 0.25) is 0 Å². The number of carbonyl (C=O) groups excluding carboxylic acids is 4. The van der Waals surface area contributed by atoms with Crippen molar-refractivity contribution in [2.75, 3.05) is 39.6 Å². The molecule has 3 N–H and O–H groups in total. The highest BCUT2D eigenvalue weighted by molar-refractivity contribution is 7.47. The minimum atomic E-state index is -4.97. The number of aliphatic hydroxyl groups is 1. The van der Waals surface area contributed by atoms with Gasteiger partial charge in [0.1, 0.15) is 19.3 Å². The second-order valence-electron chi connectivity index (χ2n) is 32.9. The fourth-order valence-electron chi connectivity index (χ4n) is 14.3. The third-order valence-corrected chi connectivity index (χ3v) is 23.8. The third kappa shape index (κ3) is 82.6. The van der Waals surface area contributed by atoms with E-state index in [2.05, 4.69) is 34.6 Å². The number of ether oxygens (including phenoxy) is 4. The Morgan fingerprint density at radius 3 is 0.645 bits per heavy atom. The molecule has 0 aromatic heterocycles. The number of phosphoric acid groups is 2. The van der Waals surface area contributed by atoms with Gasteiger partial charge < -0.3 is 33.8 Å². The van der Waals surface area contributed by atoms with E-state index in [1.807, 2.05) is 0 Å². The molecule has 0 aliphatic carbocycles. The quantitative estimate of drug-likeness (QED) is 0.0222. The lowest BCUT2D eigenvalue weighted by Gasteiger charge is -2.21. The van der Waals surface area contributed by atoms with Crippen LogP contribution in [0.3, 0.4) is 0 Å². The Labute approximate surface area is 677 Å². The molecule has 0 spiro atoms. The van der Waals surface area contributed by atoms with Crippen LogP contribution in [0, 0.1) is 5.92 Å². The van der Waals surface area contributed by atoms with E-state index in [0.717, 1.165) is 102 Å².